The third-order valence-corrected chi connectivity index (χ3v) is 4.91. The van der Waals surface area contributed by atoms with Crippen LogP contribution in [0.2, 0.25) is 0 Å². The predicted molar refractivity (Wildman–Crippen MR) is 107 cm³/mol. The number of carbonyl (C=O) groups is 2. The highest BCUT2D eigenvalue weighted by Crippen LogP contribution is 2.51. The van der Waals surface area contributed by atoms with Crippen molar-refractivity contribution in [2.75, 3.05) is 7.11 Å². The molecule has 0 spiro atoms. The van der Waals surface area contributed by atoms with E-state index in [1.54, 1.807) is 12.1 Å². The molecular formula is C23H26O5. The van der Waals surface area contributed by atoms with Gasteiger partial charge in [-0.1, -0.05) is 26.8 Å². The lowest BCUT2D eigenvalue weighted by Gasteiger charge is -2.36. The van der Waals surface area contributed by atoms with Crippen LogP contribution in [0.15, 0.2) is 30.3 Å². The quantitative estimate of drug-likeness (QED) is 0.541. The molecule has 148 valence electrons. The Bertz CT molecular complexity index is 964. The first-order chi connectivity index (χ1) is 12.9. The van der Waals surface area contributed by atoms with Crippen LogP contribution >= 0.6 is 0 Å². The first-order valence-electron chi connectivity index (χ1n) is 9.23. The van der Waals surface area contributed by atoms with Gasteiger partial charge < -0.3 is 14.2 Å². The molecule has 0 amide bonds. The van der Waals surface area contributed by atoms with E-state index in [-0.39, 0.29) is 5.41 Å². The fraction of sp³-hybridized carbons (Fsp3) is 0.391. The number of rotatable bonds is 2. The molecule has 0 unspecified atom stereocenters. The van der Waals surface area contributed by atoms with Gasteiger partial charge in [0.05, 0.1) is 18.2 Å². The minimum Gasteiger partial charge on any atom is -0.482 e. The molecule has 0 atom stereocenters. The lowest BCUT2D eigenvalue weighted by Crippen LogP contribution is -2.30. The van der Waals surface area contributed by atoms with E-state index in [0.717, 1.165) is 16.7 Å². The van der Waals surface area contributed by atoms with Crippen LogP contribution in [-0.4, -0.2) is 19.0 Å². The van der Waals surface area contributed by atoms with Crippen molar-refractivity contribution in [2.45, 2.75) is 52.6 Å². The second kappa shape index (κ2) is 6.66. The Morgan fingerprint density at radius 3 is 2.32 bits per heavy atom. The van der Waals surface area contributed by atoms with Crippen LogP contribution in [0.4, 0.5) is 0 Å². The van der Waals surface area contributed by atoms with Gasteiger partial charge in [-0.15, -0.1) is 0 Å². The molecule has 0 N–H and O–H groups in total. The molecule has 0 saturated heterocycles. The Hall–Kier alpha value is -2.82. The summed E-state index contributed by atoms with van der Waals surface area (Å²) >= 11 is 0. The predicted octanol–water partition coefficient (Wildman–Crippen LogP) is 4.99. The van der Waals surface area contributed by atoms with Crippen molar-refractivity contribution in [1.82, 2.24) is 0 Å². The number of ether oxygens (including phenoxy) is 3. The van der Waals surface area contributed by atoms with Crippen LogP contribution in [-0.2, 0) is 20.5 Å². The average Bonchev–Trinajstić information content (AvgIpc) is 2.58. The maximum atomic E-state index is 12.1. The molecule has 1 aliphatic rings. The molecule has 0 radical (unpaired) electrons. The summed E-state index contributed by atoms with van der Waals surface area (Å²) in [5.41, 5.74) is 3.02. The summed E-state index contributed by atoms with van der Waals surface area (Å²) in [6, 6.07) is 9.21. The molecule has 0 fully saturated rings. The van der Waals surface area contributed by atoms with Gasteiger partial charge in [0, 0.05) is 12.5 Å². The molecular weight excluding hydrogens is 356 g/mol. The topological polar surface area (TPSA) is 61.8 Å². The Balaban J connectivity index is 2.34. The Labute approximate surface area is 165 Å². The zero-order chi connectivity index (χ0) is 20.9. The summed E-state index contributed by atoms with van der Waals surface area (Å²) in [5, 5.41) is 0. The number of benzene rings is 2. The highest BCUT2D eigenvalue weighted by molar-refractivity contribution is 5.93. The van der Waals surface area contributed by atoms with Crippen molar-refractivity contribution >= 4 is 11.9 Å². The second-order valence-corrected chi connectivity index (χ2v) is 8.56. The molecule has 1 heterocycles. The van der Waals surface area contributed by atoms with E-state index in [9.17, 15) is 9.59 Å². The van der Waals surface area contributed by atoms with Crippen molar-refractivity contribution < 1.29 is 23.8 Å². The fourth-order valence-corrected chi connectivity index (χ4v) is 3.45. The van der Waals surface area contributed by atoms with Gasteiger partial charge in [-0.25, -0.2) is 4.79 Å². The zero-order valence-corrected chi connectivity index (χ0v) is 17.4. The summed E-state index contributed by atoms with van der Waals surface area (Å²) in [6.07, 6.45) is 0. The Kier molecular flexibility index (Phi) is 4.74. The summed E-state index contributed by atoms with van der Waals surface area (Å²) < 4.78 is 16.8. The molecule has 0 saturated carbocycles. The SMILES string of the molecule is COC(=O)c1ccc2c(c1)-c1c(OC(C)=O)cc(C(C)(C)C)cc1OC2(C)C. The number of hydrogen-bond donors (Lipinski definition) is 0. The highest BCUT2D eigenvalue weighted by Gasteiger charge is 2.36. The monoisotopic (exact) mass is 382 g/mol. The average molecular weight is 382 g/mol. The van der Waals surface area contributed by atoms with Gasteiger partial charge in [0.15, 0.2) is 0 Å². The molecule has 0 aliphatic carbocycles. The van der Waals surface area contributed by atoms with E-state index in [0.29, 0.717) is 22.6 Å². The van der Waals surface area contributed by atoms with Crippen LogP contribution in [0.5, 0.6) is 11.5 Å². The lowest BCUT2D eigenvalue weighted by atomic mass is 9.81. The maximum Gasteiger partial charge on any atom is 0.337 e. The van der Waals surface area contributed by atoms with Crippen molar-refractivity contribution in [3.63, 3.8) is 0 Å². The largest absolute Gasteiger partial charge is 0.482 e. The molecule has 5 heteroatoms. The number of methoxy groups -OCH3 is 1. The lowest BCUT2D eigenvalue weighted by molar-refractivity contribution is -0.131. The van der Waals surface area contributed by atoms with Crippen LogP contribution < -0.4 is 9.47 Å². The van der Waals surface area contributed by atoms with Crippen LogP contribution in [0.25, 0.3) is 11.1 Å². The Morgan fingerprint density at radius 2 is 1.75 bits per heavy atom. The van der Waals surface area contributed by atoms with Crippen molar-refractivity contribution in [1.29, 1.82) is 0 Å². The standard InChI is InChI=1S/C23H26O5/c1-13(24)27-18-11-15(22(2,3)4)12-19-20(18)16-10-14(21(25)26-7)8-9-17(16)23(5,6)28-19/h8-12H,1-7H3. The van der Waals surface area contributed by atoms with Crippen LogP contribution in [0.1, 0.15) is 63.0 Å². The summed E-state index contributed by atoms with van der Waals surface area (Å²) in [7, 11) is 1.35. The molecule has 5 nitrogen and oxygen atoms in total. The van der Waals surface area contributed by atoms with Gasteiger partial charge in [0.2, 0.25) is 0 Å². The van der Waals surface area contributed by atoms with E-state index in [4.69, 9.17) is 14.2 Å². The van der Waals surface area contributed by atoms with Crippen molar-refractivity contribution in [3.8, 4) is 22.6 Å². The molecule has 3 rings (SSSR count). The molecule has 0 bridgehead atoms. The fourth-order valence-electron chi connectivity index (χ4n) is 3.45. The third kappa shape index (κ3) is 3.49. The van der Waals surface area contributed by atoms with Crippen molar-refractivity contribution in [2.24, 2.45) is 0 Å². The minimum absolute atomic E-state index is 0.161. The first kappa shape index (κ1) is 19.9. The van der Waals surface area contributed by atoms with Gasteiger partial charge in [-0.05, 0) is 54.7 Å². The maximum absolute atomic E-state index is 12.1. The number of esters is 2. The van der Waals surface area contributed by atoms with Crippen LogP contribution in [0.3, 0.4) is 0 Å². The first-order valence-corrected chi connectivity index (χ1v) is 9.23. The van der Waals surface area contributed by atoms with Gasteiger partial charge in [0.1, 0.15) is 17.1 Å². The van der Waals surface area contributed by atoms with Gasteiger partial charge in [0.25, 0.3) is 0 Å². The van der Waals surface area contributed by atoms with Gasteiger partial charge in [-0.3, -0.25) is 4.79 Å². The van der Waals surface area contributed by atoms with E-state index in [1.165, 1.54) is 14.0 Å². The minimum atomic E-state index is -0.610. The smallest absolute Gasteiger partial charge is 0.337 e. The molecule has 28 heavy (non-hydrogen) atoms. The summed E-state index contributed by atoms with van der Waals surface area (Å²) in [6.45, 7) is 11.6. The van der Waals surface area contributed by atoms with Crippen LogP contribution in [0, 0.1) is 0 Å². The molecule has 2 aromatic rings. The summed E-state index contributed by atoms with van der Waals surface area (Å²) in [5.74, 6) is 0.217. The normalized spacial score (nSPS) is 14.4. The second-order valence-electron chi connectivity index (χ2n) is 8.56. The molecule has 1 aliphatic heterocycles. The number of carbonyl (C=O) groups excluding carboxylic acids is 2. The highest BCUT2D eigenvalue weighted by atomic mass is 16.5. The van der Waals surface area contributed by atoms with E-state index in [1.807, 2.05) is 32.0 Å². The molecule has 2 aromatic carbocycles. The van der Waals surface area contributed by atoms with E-state index < -0.39 is 17.5 Å². The Morgan fingerprint density at radius 1 is 1.07 bits per heavy atom. The number of hydrogen-bond acceptors (Lipinski definition) is 5. The van der Waals surface area contributed by atoms with Crippen molar-refractivity contribution in [3.05, 3.63) is 47.0 Å². The molecule has 0 aromatic heterocycles. The third-order valence-electron chi connectivity index (χ3n) is 4.91. The van der Waals surface area contributed by atoms with Gasteiger partial charge in [-0.2, -0.15) is 0 Å². The summed E-state index contributed by atoms with van der Waals surface area (Å²) in [4.78, 5) is 23.9. The zero-order valence-electron chi connectivity index (χ0n) is 17.4. The van der Waals surface area contributed by atoms with E-state index >= 15 is 0 Å². The number of fused-ring (bicyclic) bond motifs is 3. The van der Waals surface area contributed by atoms with Gasteiger partial charge >= 0.3 is 11.9 Å². The van der Waals surface area contributed by atoms with E-state index in [2.05, 4.69) is 20.8 Å².